The summed E-state index contributed by atoms with van der Waals surface area (Å²) in [7, 11) is 2.12. The normalized spacial score (nSPS) is 36.3. The van der Waals surface area contributed by atoms with Crippen molar-refractivity contribution in [1.82, 2.24) is 4.90 Å². The molecular weight excluding hydrogens is 136 g/mol. The third-order valence-corrected chi connectivity index (χ3v) is 1.92. The minimum absolute atomic E-state index is 0. The first kappa shape index (κ1) is 9.21. The summed E-state index contributed by atoms with van der Waals surface area (Å²) in [6.45, 7) is 3.29. The molecule has 0 aromatic heterocycles. The molecule has 2 nitrogen and oxygen atoms in total. The highest BCUT2D eigenvalue weighted by Gasteiger charge is 2.22. The van der Waals surface area contributed by atoms with Gasteiger partial charge in [-0.2, -0.15) is 0 Å². The van der Waals surface area contributed by atoms with E-state index in [-0.39, 0.29) is 12.4 Å². The monoisotopic (exact) mass is 150 g/mol. The third kappa shape index (κ3) is 2.12. The molecule has 1 aliphatic rings. The summed E-state index contributed by atoms with van der Waals surface area (Å²) in [6.07, 6.45) is 1.16. The van der Waals surface area contributed by atoms with Gasteiger partial charge >= 0.3 is 0 Å². The summed E-state index contributed by atoms with van der Waals surface area (Å²) in [4.78, 5) is 2.30. The molecular formula is C6H15ClN2. The molecule has 2 N–H and O–H groups in total. The maximum absolute atomic E-state index is 5.67. The molecule has 0 amide bonds. The van der Waals surface area contributed by atoms with Crippen molar-refractivity contribution >= 4 is 12.4 Å². The van der Waals surface area contributed by atoms with Crippen molar-refractivity contribution in [3.63, 3.8) is 0 Å². The molecule has 1 heterocycles. The Morgan fingerprint density at radius 2 is 2.11 bits per heavy atom. The Hall–Kier alpha value is 0.210. The van der Waals surface area contributed by atoms with Crippen molar-refractivity contribution < 1.29 is 0 Å². The van der Waals surface area contributed by atoms with E-state index in [0.29, 0.717) is 12.1 Å². The van der Waals surface area contributed by atoms with Crippen LogP contribution in [-0.2, 0) is 0 Å². The number of hydrogen-bond acceptors (Lipinski definition) is 2. The molecule has 0 spiro atoms. The second-order valence-corrected chi connectivity index (χ2v) is 2.78. The van der Waals surface area contributed by atoms with Gasteiger partial charge in [-0.05, 0) is 20.4 Å². The van der Waals surface area contributed by atoms with Crippen LogP contribution in [0.5, 0.6) is 0 Å². The molecule has 1 fully saturated rings. The lowest BCUT2D eigenvalue weighted by Gasteiger charge is -2.11. The van der Waals surface area contributed by atoms with E-state index in [2.05, 4.69) is 18.9 Å². The van der Waals surface area contributed by atoms with Gasteiger partial charge in [-0.1, -0.05) is 0 Å². The lowest BCUT2D eigenvalue weighted by Crippen LogP contribution is -2.24. The fourth-order valence-electron chi connectivity index (χ4n) is 1.24. The van der Waals surface area contributed by atoms with E-state index in [1.807, 2.05) is 0 Å². The Balaban J connectivity index is 0.000000640. The molecule has 1 saturated heterocycles. The first-order valence-electron chi connectivity index (χ1n) is 3.16. The van der Waals surface area contributed by atoms with E-state index in [1.54, 1.807) is 0 Å². The smallest absolute Gasteiger partial charge is 0.0182 e. The number of likely N-dealkylation sites (tertiary alicyclic amines) is 1. The van der Waals surface area contributed by atoms with Crippen LogP contribution in [-0.4, -0.2) is 30.6 Å². The number of halogens is 1. The van der Waals surface area contributed by atoms with E-state index in [1.165, 1.54) is 0 Å². The average molecular weight is 151 g/mol. The zero-order chi connectivity index (χ0) is 6.15. The van der Waals surface area contributed by atoms with Crippen LogP contribution >= 0.6 is 12.4 Å². The van der Waals surface area contributed by atoms with Crippen LogP contribution in [0.25, 0.3) is 0 Å². The summed E-state index contributed by atoms with van der Waals surface area (Å²) in [6, 6.07) is 1.12. The largest absolute Gasteiger partial charge is 0.326 e. The molecule has 0 aromatic rings. The Morgan fingerprint density at radius 1 is 1.56 bits per heavy atom. The molecule has 56 valence electrons. The third-order valence-electron chi connectivity index (χ3n) is 1.92. The van der Waals surface area contributed by atoms with Gasteiger partial charge in [0.05, 0.1) is 0 Å². The summed E-state index contributed by atoms with van der Waals surface area (Å²) in [5.74, 6) is 0. The van der Waals surface area contributed by atoms with Crippen LogP contribution in [0.1, 0.15) is 13.3 Å². The van der Waals surface area contributed by atoms with Gasteiger partial charge in [0.1, 0.15) is 0 Å². The quantitative estimate of drug-likeness (QED) is 0.544. The summed E-state index contributed by atoms with van der Waals surface area (Å²) >= 11 is 0. The van der Waals surface area contributed by atoms with Gasteiger partial charge < -0.3 is 10.6 Å². The number of likely N-dealkylation sites (N-methyl/N-ethyl adjacent to an activating group) is 1. The van der Waals surface area contributed by atoms with Gasteiger partial charge in [-0.25, -0.2) is 0 Å². The fourth-order valence-corrected chi connectivity index (χ4v) is 1.24. The second-order valence-electron chi connectivity index (χ2n) is 2.78. The first-order chi connectivity index (χ1) is 3.70. The fraction of sp³-hybridized carbons (Fsp3) is 1.00. The predicted molar refractivity (Wildman–Crippen MR) is 41.9 cm³/mol. The van der Waals surface area contributed by atoms with Crippen molar-refractivity contribution in [2.24, 2.45) is 5.73 Å². The van der Waals surface area contributed by atoms with Gasteiger partial charge in [-0.15, -0.1) is 12.4 Å². The molecule has 9 heavy (non-hydrogen) atoms. The number of nitrogens with two attached hydrogens (primary N) is 1. The molecule has 0 bridgehead atoms. The molecule has 2 unspecified atom stereocenters. The summed E-state index contributed by atoms with van der Waals surface area (Å²) in [5, 5.41) is 0. The number of hydrogen-bond donors (Lipinski definition) is 1. The molecule has 0 saturated carbocycles. The lowest BCUT2D eigenvalue weighted by atomic mass is 10.2. The Kier molecular flexibility index (Phi) is 3.48. The molecule has 0 aliphatic carbocycles. The van der Waals surface area contributed by atoms with Crippen LogP contribution in [0.15, 0.2) is 0 Å². The van der Waals surface area contributed by atoms with Crippen LogP contribution in [0.3, 0.4) is 0 Å². The van der Waals surface area contributed by atoms with Gasteiger partial charge in [-0.3, -0.25) is 0 Å². The number of rotatable bonds is 0. The van der Waals surface area contributed by atoms with Gasteiger partial charge in [0.25, 0.3) is 0 Å². The van der Waals surface area contributed by atoms with Gasteiger partial charge in [0.2, 0.25) is 0 Å². The van der Waals surface area contributed by atoms with Gasteiger partial charge in [0, 0.05) is 18.6 Å². The predicted octanol–water partition coefficient (Wildman–Crippen LogP) is 0.459. The standard InChI is InChI=1S/C6H14N2.ClH/c1-5-3-6(7)4-8(5)2;/h5-6H,3-4,7H2,1-2H3;1H. The Labute approximate surface area is 62.8 Å². The van der Waals surface area contributed by atoms with Gasteiger partial charge in [0.15, 0.2) is 0 Å². The lowest BCUT2D eigenvalue weighted by molar-refractivity contribution is 0.329. The van der Waals surface area contributed by atoms with Crippen molar-refractivity contribution in [3.05, 3.63) is 0 Å². The topological polar surface area (TPSA) is 29.3 Å². The van der Waals surface area contributed by atoms with Crippen LogP contribution < -0.4 is 5.73 Å². The minimum atomic E-state index is 0. The second kappa shape index (κ2) is 3.40. The van der Waals surface area contributed by atoms with E-state index in [4.69, 9.17) is 5.73 Å². The highest BCUT2D eigenvalue weighted by atomic mass is 35.5. The number of nitrogens with zero attached hydrogens (tertiary/aromatic N) is 1. The van der Waals surface area contributed by atoms with Crippen LogP contribution in [0.4, 0.5) is 0 Å². The highest BCUT2D eigenvalue weighted by molar-refractivity contribution is 5.85. The van der Waals surface area contributed by atoms with E-state index >= 15 is 0 Å². The van der Waals surface area contributed by atoms with Crippen LogP contribution in [0.2, 0.25) is 0 Å². The molecule has 3 heteroatoms. The molecule has 0 aromatic carbocycles. The molecule has 1 rings (SSSR count). The van der Waals surface area contributed by atoms with Crippen molar-refractivity contribution in [2.75, 3.05) is 13.6 Å². The van der Waals surface area contributed by atoms with E-state index in [9.17, 15) is 0 Å². The molecule has 0 radical (unpaired) electrons. The highest BCUT2D eigenvalue weighted by Crippen LogP contribution is 2.11. The Bertz CT molecular complexity index is 77.1. The average Bonchev–Trinajstić information content (AvgIpc) is 1.85. The van der Waals surface area contributed by atoms with Crippen molar-refractivity contribution in [3.8, 4) is 0 Å². The van der Waals surface area contributed by atoms with Crippen molar-refractivity contribution in [2.45, 2.75) is 25.4 Å². The van der Waals surface area contributed by atoms with Crippen molar-refractivity contribution in [1.29, 1.82) is 0 Å². The Morgan fingerprint density at radius 3 is 2.22 bits per heavy atom. The summed E-state index contributed by atoms with van der Waals surface area (Å²) in [5.41, 5.74) is 5.67. The zero-order valence-electron chi connectivity index (χ0n) is 6.00. The minimum Gasteiger partial charge on any atom is -0.326 e. The molecule has 2 atom stereocenters. The maximum atomic E-state index is 5.67. The maximum Gasteiger partial charge on any atom is 0.0182 e. The van der Waals surface area contributed by atoms with Crippen LogP contribution in [0, 0.1) is 0 Å². The first-order valence-corrected chi connectivity index (χ1v) is 3.16. The molecule has 1 aliphatic heterocycles. The summed E-state index contributed by atoms with van der Waals surface area (Å²) < 4.78 is 0. The zero-order valence-corrected chi connectivity index (χ0v) is 6.82. The van der Waals surface area contributed by atoms with E-state index < -0.39 is 0 Å². The van der Waals surface area contributed by atoms with E-state index in [0.717, 1.165) is 13.0 Å². The SMILES string of the molecule is CC1CC(N)CN1C.Cl.